The van der Waals surface area contributed by atoms with Crippen molar-refractivity contribution in [2.24, 2.45) is 0 Å². The van der Waals surface area contributed by atoms with E-state index in [1.165, 1.54) is 0 Å². The Balaban J connectivity index is 1.46. The maximum Gasteiger partial charge on any atom is 0.256 e. The Bertz CT molecular complexity index is 1350. The van der Waals surface area contributed by atoms with Crippen molar-refractivity contribution in [3.8, 4) is 5.75 Å². The zero-order chi connectivity index (χ0) is 24.9. The van der Waals surface area contributed by atoms with Crippen molar-refractivity contribution in [2.75, 3.05) is 18.9 Å². The van der Waals surface area contributed by atoms with E-state index in [2.05, 4.69) is 21.2 Å². The van der Waals surface area contributed by atoms with E-state index in [0.29, 0.717) is 38.1 Å². The number of benzene rings is 3. The summed E-state index contributed by atoms with van der Waals surface area (Å²) < 4.78 is 6.59. The Morgan fingerprint density at radius 2 is 1.97 bits per heavy atom. The second-order valence-corrected chi connectivity index (χ2v) is 10.4. The third kappa shape index (κ3) is 3.89. The number of likely N-dealkylation sites (N-methyl/N-ethyl adjacent to an activating group) is 1. The van der Waals surface area contributed by atoms with Gasteiger partial charge in [0.05, 0.1) is 10.4 Å². The normalized spacial score (nSPS) is 23.4. The van der Waals surface area contributed by atoms with Crippen LogP contribution in [0.4, 0.5) is 5.69 Å². The first kappa shape index (κ1) is 24.1. The Kier molecular flexibility index (Phi) is 6.25. The molecule has 1 saturated heterocycles. The van der Waals surface area contributed by atoms with Crippen LogP contribution in [0.2, 0.25) is 10.0 Å². The minimum atomic E-state index is -1.38. The monoisotopic (exact) mass is 575 g/mol. The quantitative estimate of drug-likeness (QED) is 0.304. The summed E-state index contributed by atoms with van der Waals surface area (Å²) in [5.74, 6) is -0.310. The number of ether oxygens (including phenoxy) is 1. The topological polar surface area (TPSA) is 84.7 Å². The van der Waals surface area contributed by atoms with Crippen LogP contribution in [0.15, 0.2) is 65.1 Å². The van der Waals surface area contributed by atoms with Gasteiger partial charge in [-0.25, -0.2) is 0 Å². The molecule has 1 fully saturated rings. The lowest BCUT2D eigenvalue weighted by Gasteiger charge is -2.30. The zero-order valence-corrected chi connectivity index (χ0v) is 21.6. The highest BCUT2D eigenvalue weighted by atomic mass is 79.9. The van der Waals surface area contributed by atoms with Gasteiger partial charge in [0.25, 0.3) is 11.9 Å². The van der Waals surface area contributed by atoms with Crippen molar-refractivity contribution in [1.82, 2.24) is 4.90 Å². The molecule has 0 bridgehead atoms. The molecule has 3 aromatic carbocycles. The summed E-state index contributed by atoms with van der Waals surface area (Å²) in [5.41, 5.74) is 1.40. The number of amides is 1. The average molecular weight is 577 g/mol. The number of hydrogen-bond acceptors (Lipinski definition) is 5. The lowest BCUT2D eigenvalue weighted by atomic mass is 9.79. The number of fused-ring (bicyclic) bond motifs is 2. The minimum absolute atomic E-state index is 0.234. The van der Waals surface area contributed by atoms with Crippen LogP contribution < -0.4 is 10.1 Å². The number of nitrogens with one attached hydrogen (secondary N) is 1. The van der Waals surface area contributed by atoms with Gasteiger partial charge in [-0.2, -0.15) is 0 Å². The van der Waals surface area contributed by atoms with E-state index < -0.39 is 17.5 Å². The summed E-state index contributed by atoms with van der Waals surface area (Å²) >= 11 is 15.7. The van der Waals surface area contributed by atoms with Crippen molar-refractivity contribution in [2.45, 2.75) is 24.1 Å². The molecular weight excluding hydrogens is 557 g/mol. The molecule has 7 nitrogen and oxygen atoms in total. The molecule has 5 rings (SSSR count). The molecule has 2 aliphatic heterocycles. The molecule has 1 spiro atoms. The third-order valence-corrected chi connectivity index (χ3v) is 8.03. The molecule has 2 heterocycles. The standard InChI is InChI=1S/C25H20BrCl2N3O4/c1-30-12-17(23(31(33)34)25(30)18-4-2-3-5-21(18)29-24(25)32)14-7-9-22(19(26)10-14)35-13-15-6-8-16(27)11-20(15)28/h2-11,17,23H,12-13H2,1H3,(H,29,32)/t17-,23+,25+/m1/s1. The number of halogens is 3. The van der Waals surface area contributed by atoms with Crippen molar-refractivity contribution >= 4 is 50.7 Å². The van der Waals surface area contributed by atoms with Crippen LogP contribution in [0.3, 0.4) is 0 Å². The Morgan fingerprint density at radius 1 is 1.20 bits per heavy atom. The molecule has 1 N–H and O–H groups in total. The van der Waals surface area contributed by atoms with Gasteiger partial charge >= 0.3 is 0 Å². The summed E-state index contributed by atoms with van der Waals surface area (Å²) in [6.07, 6.45) is 0. The molecule has 0 saturated carbocycles. The Labute approximate surface area is 220 Å². The fraction of sp³-hybridized carbons (Fsp3) is 0.240. The molecule has 2 aliphatic rings. The van der Waals surface area contributed by atoms with Crippen LogP contribution in [0.5, 0.6) is 5.75 Å². The number of nitrogens with zero attached hydrogens (tertiary/aromatic N) is 2. The highest BCUT2D eigenvalue weighted by molar-refractivity contribution is 9.10. The number of nitro groups is 1. The van der Waals surface area contributed by atoms with Gasteiger partial charge < -0.3 is 10.1 Å². The van der Waals surface area contributed by atoms with Gasteiger partial charge in [0.1, 0.15) is 12.4 Å². The molecule has 0 unspecified atom stereocenters. The van der Waals surface area contributed by atoms with Gasteiger partial charge in [0.2, 0.25) is 0 Å². The predicted molar refractivity (Wildman–Crippen MR) is 138 cm³/mol. The summed E-state index contributed by atoms with van der Waals surface area (Å²) in [5, 5.41) is 16.4. The van der Waals surface area contributed by atoms with Crippen LogP contribution in [0, 0.1) is 10.1 Å². The fourth-order valence-corrected chi connectivity index (χ4v) is 6.21. The van der Waals surface area contributed by atoms with E-state index >= 15 is 0 Å². The Morgan fingerprint density at radius 3 is 2.69 bits per heavy atom. The molecule has 0 aliphatic carbocycles. The molecule has 1 amide bonds. The van der Waals surface area contributed by atoms with E-state index in [-0.39, 0.29) is 17.4 Å². The van der Waals surface area contributed by atoms with Gasteiger partial charge in [-0.05, 0) is 58.9 Å². The van der Waals surface area contributed by atoms with Crippen molar-refractivity contribution in [3.63, 3.8) is 0 Å². The number of carbonyl (C=O) groups excluding carboxylic acids is 1. The lowest BCUT2D eigenvalue weighted by molar-refractivity contribution is -0.534. The molecular formula is C25H20BrCl2N3O4. The van der Waals surface area contributed by atoms with Crippen LogP contribution in [-0.2, 0) is 16.9 Å². The van der Waals surface area contributed by atoms with Gasteiger partial charge in [-0.3, -0.25) is 19.8 Å². The zero-order valence-electron chi connectivity index (χ0n) is 18.5. The first-order valence-corrected chi connectivity index (χ1v) is 12.4. The number of rotatable bonds is 5. The summed E-state index contributed by atoms with van der Waals surface area (Å²) in [4.78, 5) is 27.2. The molecule has 3 aromatic rings. The van der Waals surface area contributed by atoms with Crippen molar-refractivity contribution in [1.29, 1.82) is 0 Å². The Hall–Kier alpha value is -2.65. The molecule has 35 heavy (non-hydrogen) atoms. The van der Waals surface area contributed by atoms with Crippen LogP contribution in [0.1, 0.15) is 22.6 Å². The molecule has 180 valence electrons. The number of hydrogen-bond donors (Lipinski definition) is 1. The number of anilines is 1. The minimum Gasteiger partial charge on any atom is -0.488 e. The predicted octanol–water partition coefficient (Wildman–Crippen LogP) is 5.86. The number of para-hydroxylation sites is 1. The van der Waals surface area contributed by atoms with Crippen LogP contribution >= 0.6 is 39.1 Å². The lowest BCUT2D eigenvalue weighted by Crippen LogP contribution is -2.54. The van der Waals surface area contributed by atoms with E-state index in [0.717, 1.165) is 11.1 Å². The van der Waals surface area contributed by atoms with Crippen LogP contribution in [-0.4, -0.2) is 35.4 Å². The second-order valence-electron chi connectivity index (χ2n) is 8.70. The smallest absolute Gasteiger partial charge is 0.256 e. The van der Waals surface area contributed by atoms with E-state index in [1.807, 2.05) is 12.1 Å². The maximum absolute atomic E-state index is 13.2. The largest absolute Gasteiger partial charge is 0.488 e. The molecule has 0 radical (unpaired) electrons. The van der Waals surface area contributed by atoms with E-state index in [9.17, 15) is 14.9 Å². The maximum atomic E-state index is 13.2. The first-order chi connectivity index (χ1) is 16.7. The fourth-order valence-electron chi connectivity index (χ4n) is 5.24. The average Bonchev–Trinajstić information content (AvgIpc) is 3.29. The first-order valence-electron chi connectivity index (χ1n) is 10.9. The summed E-state index contributed by atoms with van der Waals surface area (Å²) in [7, 11) is 1.76. The van der Waals surface area contributed by atoms with E-state index in [1.54, 1.807) is 60.5 Å². The second kappa shape index (κ2) is 9.09. The number of carbonyl (C=O) groups is 1. The van der Waals surface area contributed by atoms with Crippen molar-refractivity contribution < 1.29 is 14.5 Å². The summed E-state index contributed by atoms with van der Waals surface area (Å²) in [6, 6.07) is 16.6. The molecule has 0 aromatic heterocycles. The van der Waals surface area contributed by atoms with Gasteiger partial charge in [0, 0.05) is 38.3 Å². The number of likely N-dealkylation sites (tertiary alicyclic amines) is 1. The molecule has 3 atom stereocenters. The molecule has 10 heteroatoms. The SMILES string of the molecule is CN1C[C@H](c2ccc(OCc3ccc(Cl)cc3Cl)c(Br)c2)[C@H]([N+](=O)[O-])[C@@]12C(=O)Nc1ccccc12. The van der Waals surface area contributed by atoms with E-state index in [4.69, 9.17) is 27.9 Å². The van der Waals surface area contributed by atoms with Gasteiger partial charge in [-0.15, -0.1) is 0 Å². The van der Waals surface area contributed by atoms with Crippen molar-refractivity contribution in [3.05, 3.63) is 102 Å². The van der Waals surface area contributed by atoms with Gasteiger partial charge in [-0.1, -0.05) is 53.5 Å². The van der Waals surface area contributed by atoms with Crippen LogP contribution in [0.25, 0.3) is 0 Å². The third-order valence-electron chi connectivity index (χ3n) is 6.82. The highest BCUT2D eigenvalue weighted by Gasteiger charge is 2.68. The van der Waals surface area contributed by atoms with Gasteiger partial charge in [0.15, 0.2) is 5.54 Å². The highest BCUT2D eigenvalue weighted by Crippen LogP contribution is 2.52. The summed E-state index contributed by atoms with van der Waals surface area (Å²) in [6.45, 7) is 0.581.